The van der Waals surface area contributed by atoms with Gasteiger partial charge in [0.25, 0.3) is 0 Å². The molecule has 4 nitrogen and oxygen atoms in total. The molecule has 0 radical (unpaired) electrons. The van der Waals surface area contributed by atoms with E-state index in [1.54, 1.807) is 0 Å². The van der Waals surface area contributed by atoms with Gasteiger partial charge in [-0.3, -0.25) is 4.99 Å². The van der Waals surface area contributed by atoms with Gasteiger partial charge in [-0.15, -0.1) is 0 Å². The predicted octanol–water partition coefficient (Wildman–Crippen LogP) is 0.399. The summed E-state index contributed by atoms with van der Waals surface area (Å²) in [5, 5.41) is 0. The average Bonchev–Trinajstić information content (AvgIpc) is 2.65. The number of ether oxygens (including phenoxy) is 1. The van der Waals surface area contributed by atoms with Crippen molar-refractivity contribution < 1.29 is 4.74 Å². The van der Waals surface area contributed by atoms with Crippen LogP contribution in [0.1, 0.15) is 12.8 Å². The summed E-state index contributed by atoms with van der Waals surface area (Å²) in [7, 11) is 4.26. The van der Waals surface area contributed by atoms with Gasteiger partial charge in [0, 0.05) is 39.9 Å². The highest BCUT2D eigenvalue weighted by Crippen LogP contribution is 2.15. The molecule has 2 aliphatic rings. The van der Waals surface area contributed by atoms with Crippen molar-refractivity contribution in [3.05, 3.63) is 0 Å². The lowest BCUT2D eigenvalue weighted by molar-refractivity contribution is 0.0584. The first-order valence-electron chi connectivity index (χ1n) is 5.35. The number of rotatable bonds is 1. The van der Waals surface area contributed by atoms with Crippen LogP contribution in [0.15, 0.2) is 4.99 Å². The molecule has 0 aromatic rings. The van der Waals surface area contributed by atoms with Crippen LogP contribution in [0.4, 0.5) is 0 Å². The zero-order valence-electron chi connectivity index (χ0n) is 9.07. The Kier molecular flexibility index (Phi) is 2.91. The second-order valence-electron chi connectivity index (χ2n) is 4.06. The molecule has 0 spiro atoms. The normalized spacial score (nSPS) is 23.9. The van der Waals surface area contributed by atoms with Crippen LogP contribution in [0.5, 0.6) is 0 Å². The number of aliphatic imine (C=N–C) groups is 1. The van der Waals surface area contributed by atoms with Crippen LogP contribution in [-0.2, 0) is 4.74 Å². The van der Waals surface area contributed by atoms with E-state index in [1.807, 2.05) is 0 Å². The highest BCUT2D eigenvalue weighted by atomic mass is 16.5. The number of likely N-dealkylation sites (N-methyl/N-ethyl adjacent to an activating group) is 1. The Bertz CT molecular complexity index is 223. The highest BCUT2D eigenvalue weighted by Gasteiger charge is 2.24. The molecule has 0 aliphatic carbocycles. The summed E-state index contributed by atoms with van der Waals surface area (Å²) < 4.78 is 5.36. The van der Waals surface area contributed by atoms with E-state index in [2.05, 4.69) is 28.9 Å². The molecule has 2 aliphatic heterocycles. The molecule has 2 heterocycles. The van der Waals surface area contributed by atoms with E-state index in [0.29, 0.717) is 6.04 Å². The summed E-state index contributed by atoms with van der Waals surface area (Å²) in [5.41, 5.74) is 0. The average molecular weight is 197 g/mol. The lowest BCUT2D eigenvalue weighted by Gasteiger charge is -2.34. The maximum atomic E-state index is 5.36. The van der Waals surface area contributed by atoms with Crippen molar-refractivity contribution in [3.63, 3.8) is 0 Å². The molecule has 2 rings (SSSR count). The molecule has 0 unspecified atom stereocenters. The van der Waals surface area contributed by atoms with Crippen molar-refractivity contribution in [2.24, 2.45) is 4.99 Å². The molecular weight excluding hydrogens is 178 g/mol. The van der Waals surface area contributed by atoms with Gasteiger partial charge >= 0.3 is 0 Å². The fourth-order valence-corrected chi connectivity index (χ4v) is 2.14. The van der Waals surface area contributed by atoms with Gasteiger partial charge < -0.3 is 14.5 Å². The van der Waals surface area contributed by atoms with E-state index >= 15 is 0 Å². The molecule has 0 amide bonds. The third-order valence-corrected chi connectivity index (χ3v) is 3.08. The largest absolute Gasteiger partial charge is 0.381 e. The second kappa shape index (κ2) is 4.17. The van der Waals surface area contributed by atoms with Gasteiger partial charge in [0.1, 0.15) is 0 Å². The lowest BCUT2D eigenvalue weighted by Crippen LogP contribution is -2.45. The molecule has 1 saturated heterocycles. The van der Waals surface area contributed by atoms with E-state index in [9.17, 15) is 0 Å². The van der Waals surface area contributed by atoms with Crippen LogP contribution >= 0.6 is 0 Å². The van der Waals surface area contributed by atoms with Crippen molar-refractivity contribution in [2.75, 3.05) is 40.4 Å². The van der Waals surface area contributed by atoms with Crippen LogP contribution in [0.25, 0.3) is 0 Å². The number of nitrogens with zero attached hydrogens (tertiary/aromatic N) is 3. The summed E-state index contributed by atoms with van der Waals surface area (Å²) in [6.45, 7) is 3.79. The Morgan fingerprint density at radius 2 is 2.14 bits per heavy atom. The Hall–Kier alpha value is -0.770. The SMILES string of the molecule is CN1CCN=C1N(C)C1CCOCC1. The fraction of sp³-hybridized carbons (Fsp3) is 0.900. The molecule has 80 valence electrons. The summed E-state index contributed by atoms with van der Waals surface area (Å²) in [6.07, 6.45) is 2.26. The Morgan fingerprint density at radius 1 is 1.43 bits per heavy atom. The minimum Gasteiger partial charge on any atom is -0.381 e. The Labute approximate surface area is 85.5 Å². The van der Waals surface area contributed by atoms with Gasteiger partial charge in [0.05, 0.1) is 6.54 Å². The maximum absolute atomic E-state index is 5.36. The second-order valence-corrected chi connectivity index (χ2v) is 4.06. The summed E-state index contributed by atoms with van der Waals surface area (Å²) in [5.74, 6) is 1.15. The summed E-state index contributed by atoms with van der Waals surface area (Å²) in [4.78, 5) is 9.07. The third-order valence-electron chi connectivity index (χ3n) is 3.08. The molecule has 0 aromatic carbocycles. The first kappa shape index (κ1) is 9.77. The molecule has 0 bridgehead atoms. The minimum absolute atomic E-state index is 0.614. The van der Waals surface area contributed by atoms with Gasteiger partial charge in [0.15, 0.2) is 5.96 Å². The van der Waals surface area contributed by atoms with Gasteiger partial charge in [-0.2, -0.15) is 0 Å². The molecule has 0 aromatic heterocycles. The monoisotopic (exact) mass is 197 g/mol. The predicted molar refractivity (Wildman–Crippen MR) is 56.5 cm³/mol. The standard InChI is InChI=1S/C10H19N3O/c1-12-6-5-11-10(12)13(2)9-3-7-14-8-4-9/h9H,3-8H2,1-2H3. The molecule has 0 atom stereocenters. The zero-order chi connectivity index (χ0) is 9.97. The first-order valence-corrected chi connectivity index (χ1v) is 5.35. The van der Waals surface area contributed by atoms with Crippen molar-refractivity contribution in [1.29, 1.82) is 0 Å². The maximum Gasteiger partial charge on any atom is 0.196 e. The Morgan fingerprint density at radius 3 is 2.71 bits per heavy atom. The highest BCUT2D eigenvalue weighted by molar-refractivity contribution is 5.81. The van der Waals surface area contributed by atoms with E-state index in [0.717, 1.165) is 45.1 Å². The Balaban J connectivity index is 1.96. The molecular formula is C10H19N3O. The van der Waals surface area contributed by atoms with Gasteiger partial charge in [0.2, 0.25) is 0 Å². The smallest absolute Gasteiger partial charge is 0.196 e. The molecule has 0 saturated carbocycles. The molecule has 1 fully saturated rings. The van der Waals surface area contributed by atoms with Crippen molar-refractivity contribution >= 4 is 5.96 Å². The van der Waals surface area contributed by atoms with Gasteiger partial charge in [-0.1, -0.05) is 0 Å². The molecule has 4 heteroatoms. The molecule has 0 N–H and O–H groups in total. The van der Waals surface area contributed by atoms with Crippen LogP contribution < -0.4 is 0 Å². The zero-order valence-corrected chi connectivity index (χ0v) is 9.07. The van der Waals surface area contributed by atoms with E-state index < -0.39 is 0 Å². The van der Waals surface area contributed by atoms with E-state index in [-0.39, 0.29) is 0 Å². The minimum atomic E-state index is 0.614. The van der Waals surface area contributed by atoms with Crippen molar-refractivity contribution in [1.82, 2.24) is 9.80 Å². The van der Waals surface area contributed by atoms with Crippen LogP contribution in [0.2, 0.25) is 0 Å². The fourth-order valence-electron chi connectivity index (χ4n) is 2.14. The van der Waals surface area contributed by atoms with Gasteiger partial charge in [-0.05, 0) is 12.8 Å². The number of hydrogen-bond acceptors (Lipinski definition) is 4. The lowest BCUT2D eigenvalue weighted by atomic mass is 10.1. The quantitative estimate of drug-likeness (QED) is 0.609. The first-order chi connectivity index (χ1) is 6.79. The van der Waals surface area contributed by atoms with E-state index in [1.165, 1.54) is 0 Å². The van der Waals surface area contributed by atoms with Crippen LogP contribution in [-0.4, -0.2) is 62.2 Å². The molecule has 14 heavy (non-hydrogen) atoms. The van der Waals surface area contributed by atoms with Crippen LogP contribution in [0.3, 0.4) is 0 Å². The summed E-state index contributed by atoms with van der Waals surface area (Å²) in [6, 6.07) is 0.614. The van der Waals surface area contributed by atoms with Gasteiger partial charge in [-0.25, -0.2) is 0 Å². The van der Waals surface area contributed by atoms with Crippen LogP contribution in [0, 0.1) is 0 Å². The number of hydrogen-bond donors (Lipinski definition) is 0. The third kappa shape index (κ3) is 1.85. The summed E-state index contributed by atoms with van der Waals surface area (Å²) >= 11 is 0. The topological polar surface area (TPSA) is 28.1 Å². The van der Waals surface area contributed by atoms with E-state index in [4.69, 9.17) is 4.74 Å². The number of guanidine groups is 1. The van der Waals surface area contributed by atoms with Crippen molar-refractivity contribution in [2.45, 2.75) is 18.9 Å². The van der Waals surface area contributed by atoms with Crippen molar-refractivity contribution in [3.8, 4) is 0 Å².